The fourth-order valence-electron chi connectivity index (χ4n) is 1.16. The lowest BCUT2D eigenvalue weighted by Gasteiger charge is -2.45. The van der Waals surface area contributed by atoms with Crippen molar-refractivity contribution in [2.24, 2.45) is 5.84 Å². The second-order valence-corrected chi connectivity index (χ2v) is 4.70. The van der Waals surface area contributed by atoms with Gasteiger partial charge in [0.25, 0.3) is 0 Å². The molecule has 0 heterocycles. The van der Waals surface area contributed by atoms with Gasteiger partial charge in [0.05, 0.1) is 0 Å². The molecule has 0 spiro atoms. The molecule has 0 radical (unpaired) electrons. The molecule has 0 saturated heterocycles. The molecule has 0 unspecified atom stereocenters. The summed E-state index contributed by atoms with van der Waals surface area (Å²) in [5, 5.41) is 1.99. The van der Waals surface area contributed by atoms with E-state index < -0.39 is 0 Å². The van der Waals surface area contributed by atoms with Gasteiger partial charge in [0.1, 0.15) is 0 Å². The second-order valence-electron chi connectivity index (χ2n) is 4.70. The summed E-state index contributed by atoms with van der Waals surface area (Å²) in [6, 6.07) is 0. The van der Waals surface area contributed by atoms with E-state index in [1.807, 2.05) is 5.01 Å². The van der Waals surface area contributed by atoms with E-state index in [0.717, 1.165) is 12.8 Å². The van der Waals surface area contributed by atoms with Crippen LogP contribution in [0.15, 0.2) is 0 Å². The molecule has 0 aliphatic heterocycles. The Labute approximate surface area is 77.1 Å². The number of rotatable bonds is 4. The Kier molecular flexibility index (Phi) is 3.73. The maximum atomic E-state index is 6.08. The first-order valence-corrected chi connectivity index (χ1v) is 4.83. The standard InChI is InChI=1S/C10H24N2/c1-7-9(3,4)12(11)10(5,6)8-2/h7-8,11H2,1-6H3. The smallest absolute Gasteiger partial charge is 0.0299 e. The third-order valence-electron chi connectivity index (χ3n) is 3.03. The van der Waals surface area contributed by atoms with E-state index in [2.05, 4.69) is 41.5 Å². The predicted molar refractivity (Wildman–Crippen MR) is 54.8 cm³/mol. The topological polar surface area (TPSA) is 29.3 Å². The van der Waals surface area contributed by atoms with Crippen molar-refractivity contribution in [2.45, 2.75) is 65.5 Å². The highest BCUT2D eigenvalue weighted by Crippen LogP contribution is 2.25. The van der Waals surface area contributed by atoms with Crippen molar-refractivity contribution in [1.82, 2.24) is 5.01 Å². The normalized spacial score (nSPS) is 14.0. The molecular formula is C10H24N2. The molecule has 0 aliphatic rings. The SMILES string of the molecule is CCC(C)(C)N(N)C(C)(C)CC. The molecule has 0 amide bonds. The third-order valence-corrected chi connectivity index (χ3v) is 3.03. The van der Waals surface area contributed by atoms with Crippen molar-refractivity contribution in [2.75, 3.05) is 0 Å². The third kappa shape index (κ3) is 2.46. The van der Waals surface area contributed by atoms with Gasteiger partial charge in [-0.05, 0) is 40.5 Å². The molecule has 12 heavy (non-hydrogen) atoms. The predicted octanol–water partition coefficient (Wildman–Crippen LogP) is 2.54. The summed E-state index contributed by atoms with van der Waals surface area (Å²) in [4.78, 5) is 0. The van der Waals surface area contributed by atoms with Crippen molar-refractivity contribution in [3.8, 4) is 0 Å². The van der Waals surface area contributed by atoms with Crippen LogP contribution in [0.1, 0.15) is 54.4 Å². The minimum atomic E-state index is 0.0967. The molecule has 0 aliphatic carbocycles. The Morgan fingerprint density at radius 2 is 1.17 bits per heavy atom. The number of nitrogens with two attached hydrogens (primary N) is 1. The summed E-state index contributed by atoms with van der Waals surface area (Å²) in [5.74, 6) is 6.08. The lowest BCUT2D eigenvalue weighted by Crippen LogP contribution is -2.59. The fourth-order valence-corrected chi connectivity index (χ4v) is 1.16. The van der Waals surface area contributed by atoms with E-state index in [9.17, 15) is 0 Å². The zero-order valence-electron chi connectivity index (χ0n) is 9.44. The van der Waals surface area contributed by atoms with Gasteiger partial charge in [0, 0.05) is 11.1 Å². The van der Waals surface area contributed by atoms with E-state index in [4.69, 9.17) is 5.84 Å². The van der Waals surface area contributed by atoms with E-state index >= 15 is 0 Å². The van der Waals surface area contributed by atoms with Crippen LogP contribution in [0, 0.1) is 0 Å². The Hall–Kier alpha value is -0.0800. The lowest BCUT2D eigenvalue weighted by molar-refractivity contribution is 0.0103. The molecule has 0 saturated carbocycles. The van der Waals surface area contributed by atoms with Crippen LogP contribution in [0.25, 0.3) is 0 Å². The molecule has 0 atom stereocenters. The Morgan fingerprint density at radius 3 is 1.33 bits per heavy atom. The van der Waals surface area contributed by atoms with Gasteiger partial charge in [0.2, 0.25) is 0 Å². The van der Waals surface area contributed by atoms with Crippen molar-refractivity contribution < 1.29 is 0 Å². The highest BCUT2D eigenvalue weighted by molar-refractivity contribution is 4.86. The minimum absolute atomic E-state index is 0.0967. The van der Waals surface area contributed by atoms with Gasteiger partial charge >= 0.3 is 0 Å². The molecule has 0 fully saturated rings. The second kappa shape index (κ2) is 3.75. The van der Waals surface area contributed by atoms with Gasteiger partial charge in [-0.1, -0.05) is 13.8 Å². The van der Waals surface area contributed by atoms with E-state index in [0.29, 0.717) is 0 Å². The summed E-state index contributed by atoms with van der Waals surface area (Å²) in [6.45, 7) is 13.1. The Balaban J connectivity index is 4.47. The van der Waals surface area contributed by atoms with Crippen molar-refractivity contribution >= 4 is 0 Å². The molecule has 74 valence electrons. The first-order valence-electron chi connectivity index (χ1n) is 4.83. The Morgan fingerprint density at radius 1 is 0.917 bits per heavy atom. The largest absolute Gasteiger partial charge is 0.268 e. The number of hydrogen-bond acceptors (Lipinski definition) is 2. The number of hydrazine groups is 1. The Bertz CT molecular complexity index is 123. The van der Waals surface area contributed by atoms with Crippen LogP contribution in [0.5, 0.6) is 0 Å². The van der Waals surface area contributed by atoms with Gasteiger partial charge in [0.15, 0.2) is 0 Å². The summed E-state index contributed by atoms with van der Waals surface area (Å²) in [7, 11) is 0. The van der Waals surface area contributed by atoms with Gasteiger partial charge in [-0.3, -0.25) is 5.84 Å². The monoisotopic (exact) mass is 172 g/mol. The molecule has 0 rings (SSSR count). The van der Waals surface area contributed by atoms with Crippen LogP contribution in [-0.2, 0) is 0 Å². The maximum Gasteiger partial charge on any atom is 0.0299 e. The van der Waals surface area contributed by atoms with Crippen LogP contribution in [0.2, 0.25) is 0 Å². The number of nitrogens with zero attached hydrogens (tertiary/aromatic N) is 1. The zero-order valence-corrected chi connectivity index (χ0v) is 9.44. The highest BCUT2D eigenvalue weighted by Gasteiger charge is 2.32. The van der Waals surface area contributed by atoms with Crippen molar-refractivity contribution in [1.29, 1.82) is 0 Å². The summed E-state index contributed by atoms with van der Waals surface area (Å²) in [5.41, 5.74) is 0.193. The molecule has 2 nitrogen and oxygen atoms in total. The van der Waals surface area contributed by atoms with Gasteiger partial charge < -0.3 is 0 Å². The molecule has 0 aromatic carbocycles. The zero-order chi connectivity index (χ0) is 9.99. The average Bonchev–Trinajstić information content (AvgIpc) is 2.03. The fraction of sp³-hybridized carbons (Fsp3) is 1.00. The number of hydrogen-bond donors (Lipinski definition) is 1. The quantitative estimate of drug-likeness (QED) is 0.521. The summed E-state index contributed by atoms with van der Waals surface area (Å²) >= 11 is 0. The van der Waals surface area contributed by atoms with Crippen LogP contribution < -0.4 is 5.84 Å². The first-order chi connectivity index (χ1) is 5.28. The molecule has 0 aromatic heterocycles. The van der Waals surface area contributed by atoms with Crippen LogP contribution in [0.3, 0.4) is 0 Å². The van der Waals surface area contributed by atoms with Crippen LogP contribution >= 0.6 is 0 Å². The van der Waals surface area contributed by atoms with Crippen molar-refractivity contribution in [3.05, 3.63) is 0 Å². The van der Waals surface area contributed by atoms with Gasteiger partial charge in [-0.25, -0.2) is 5.01 Å². The van der Waals surface area contributed by atoms with Crippen LogP contribution in [-0.4, -0.2) is 16.1 Å². The van der Waals surface area contributed by atoms with E-state index in [1.165, 1.54) is 0 Å². The molecule has 0 bridgehead atoms. The summed E-state index contributed by atoms with van der Waals surface area (Å²) < 4.78 is 0. The lowest BCUT2D eigenvalue weighted by atomic mass is 9.92. The first kappa shape index (κ1) is 11.9. The van der Waals surface area contributed by atoms with Crippen molar-refractivity contribution in [3.63, 3.8) is 0 Å². The average molecular weight is 172 g/mol. The van der Waals surface area contributed by atoms with Crippen LogP contribution in [0.4, 0.5) is 0 Å². The van der Waals surface area contributed by atoms with Gasteiger partial charge in [-0.15, -0.1) is 0 Å². The molecular weight excluding hydrogens is 148 g/mol. The summed E-state index contributed by atoms with van der Waals surface area (Å²) in [6.07, 6.45) is 2.15. The van der Waals surface area contributed by atoms with E-state index in [1.54, 1.807) is 0 Å². The molecule has 2 N–H and O–H groups in total. The molecule has 2 heteroatoms. The van der Waals surface area contributed by atoms with E-state index in [-0.39, 0.29) is 11.1 Å². The molecule has 0 aromatic rings. The highest BCUT2D eigenvalue weighted by atomic mass is 15.5. The minimum Gasteiger partial charge on any atom is -0.268 e. The maximum absolute atomic E-state index is 6.08. The van der Waals surface area contributed by atoms with Gasteiger partial charge in [-0.2, -0.15) is 0 Å².